The number of hydrogen-bond donors (Lipinski definition) is 0. The molecular formula is C16H11ClN4OS. The van der Waals surface area contributed by atoms with Crippen LogP contribution in [0.3, 0.4) is 0 Å². The molecular weight excluding hydrogens is 332 g/mol. The van der Waals surface area contributed by atoms with Gasteiger partial charge >= 0.3 is 0 Å². The number of aromatic nitrogens is 4. The maximum atomic E-state index is 5.97. The lowest BCUT2D eigenvalue weighted by molar-refractivity contribution is 0.466. The number of nitrogens with zero attached hydrogens (tertiary/aromatic N) is 4. The van der Waals surface area contributed by atoms with Gasteiger partial charge in [-0.25, -0.2) is 4.98 Å². The Balaban J connectivity index is 1.49. The van der Waals surface area contributed by atoms with Crippen LogP contribution in [0.1, 0.15) is 5.69 Å². The van der Waals surface area contributed by atoms with Crippen LogP contribution >= 0.6 is 23.4 Å². The summed E-state index contributed by atoms with van der Waals surface area (Å²) in [6.07, 6.45) is 3.78. The zero-order chi connectivity index (χ0) is 15.6. The van der Waals surface area contributed by atoms with Gasteiger partial charge in [-0.15, -0.1) is 10.2 Å². The quantitative estimate of drug-likeness (QED) is 0.517. The van der Waals surface area contributed by atoms with Crippen LogP contribution in [0, 0.1) is 0 Å². The second kappa shape index (κ2) is 6.06. The van der Waals surface area contributed by atoms with E-state index in [0.29, 0.717) is 21.9 Å². The Hall–Kier alpha value is -2.31. The van der Waals surface area contributed by atoms with Crippen molar-refractivity contribution >= 4 is 29.0 Å². The normalized spacial score (nSPS) is 11.2. The predicted octanol–water partition coefficient (Wildman–Crippen LogP) is 4.33. The summed E-state index contributed by atoms with van der Waals surface area (Å²) in [6.45, 7) is 0. The first-order valence-electron chi connectivity index (χ1n) is 6.93. The van der Waals surface area contributed by atoms with Crippen molar-refractivity contribution in [2.45, 2.75) is 11.0 Å². The fourth-order valence-corrected chi connectivity index (χ4v) is 3.00. The van der Waals surface area contributed by atoms with E-state index in [0.717, 1.165) is 16.9 Å². The van der Waals surface area contributed by atoms with E-state index in [9.17, 15) is 0 Å². The molecule has 7 heteroatoms. The standard InChI is InChI=1S/C16H11ClN4OS/c17-12-6-7-14-18-13(9-21(14)8-12)10-23-16-20-19-15(22-16)11-4-2-1-3-5-11/h1-9H,10H2. The molecule has 3 heterocycles. The average Bonchev–Trinajstić information content (AvgIpc) is 3.20. The molecule has 0 fully saturated rings. The van der Waals surface area contributed by atoms with Crippen molar-refractivity contribution in [2.24, 2.45) is 0 Å². The highest BCUT2D eigenvalue weighted by atomic mass is 35.5. The van der Waals surface area contributed by atoms with E-state index in [1.54, 1.807) is 0 Å². The molecule has 0 saturated carbocycles. The summed E-state index contributed by atoms with van der Waals surface area (Å²) in [7, 11) is 0. The molecule has 0 unspecified atom stereocenters. The number of benzene rings is 1. The molecule has 0 radical (unpaired) electrons. The van der Waals surface area contributed by atoms with E-state index in [-0.39, 0.29) is 0 Å². The summed E-state index contributed by atoms with van der Waals surface area (Å²) in [5.41, 5.74) is 2.70. The molecule has 0 saturated heterocycles. The topological polar surface area (TPSA) is 56.2 Å². The minimum absolute atomic E-state index is 0.523. The summed E-state index contributed by atoms with van der Waals surface area (Å²) >= 11 is 7.43. The minimum atomic E-state index is 0.523. The molecule has 114 valence electrons. The second-order valence-electron chi connectivity index (χ2n) is 4.87. The minimum Gasteiger partial charge on any atom is -0.411 e. The predicted molar refractivity (Wildman–Crippen MR) is 89.5 cm³/mol. The Kier molecular flexibility index (Phi) is 3.77. The Morgan fingerprint density at radius 2 is 1.91 bits per heavy atom. The average molecular weight is 343 g/mol. The third kappa shape index (κ3) is 3.09. The lowest BCUT2D eigenvalue weighted by Gasteiger charge is -1.93. The lowest BCUT2D eigenvalue weighted by atomic mass is 10.2. The Bertz CT molecular complexity index is 951. The highest BCUT2D eigenvalue weighted by Gasteiger charge is 2.10. The van der Waals surface area contributed by atoms with Crippen molar-refractivity contribution in [3.05, 3.63) is 65.6 Å². The van der Waals surface area contributed by atoms with Gasteiger partial charge in [0.05, 0.1) is 10.7 Å². The van der Waals surface area contributed by atoms with Gasteiger partial charge in [0.2, 0.25) is 5.89 Å². The molecule has 0 bridgehead atoms. The molecule has 0 N–H and O–H groups in total. The molecule has 1 aromatic carbocycles. The molecule has 5 nitrogen and oxygen atoms in total. The zero-order valence-corrected chi connectivity index (χ0v) is 13.5. The number of rotatable bonds is 4. The van der Waals surface area contributed by atoms with Crippen molar-refractivity contribution in [3.8, 4) is 11.5 Å². The van der Waals surface area contributed by atoms with Crippen LogP contribution in [-0.4, -0.2) is 19.6 Å². The number of fused-ring (bicyclic) bond motifs is 1. The third-order valence-electron chi connectivity index (χ3n) is 3.24. The monoisotopic (exact) mass is 342 g/mol. The van der Waals surface area contributed by atoms with Crippen molar-refractivity contribution in [2.75, 3.05) is 0 Å². The molecule has 0 spiro atoms. The zero-order valence-electron chi connectivity index (χ0n) is 11.9. The van der Waals surface area contributed by atoms with Crippen molar-refractivity contribution < 1.29 is 4.42 Å². The fraction of sp³-hybridized carbons (Fsp3) is 0.0625. The molecule has 0 aliphatic carbocycles. The largest absolute Gasteiger partial charge is 0.411 e. The third-order valence-corrected chi connectivity index (χ3v) is 4.31. The van der Waals surface area contributed by atoms with Crippen LogP contribution in [0.5, 0.6) is 0 Å². The van der Waals surface area contributed by atoms with Gasteiger partial charge in [-0.2, -0.15) is 0 Å². The van der Waals surface area contributed by atoms with Gasteiger partial charge in [-0.3, -0.25) is 0 Å². The van der Waals surface area contributed by atoms with E-state index in [1.165, 1.54) is 11.8 Å². The molecule has 0 amide bonds. The Morgan fingerprint density at radius 1 is 1.04 bits per heavy atom. The first kappa shape index (κ1) is 14.3. The van der Waals surface area contributed by atoms with Crippen LogP contribution < -0.4 is 0 Å². The summed E-state index contributed by atoms with van der Waals surface area (Å²) in [4.78, 5) is 4.53. The SMILES string of the molecule is Clc1ccc2nc(CSc3nnc(-c4ccccc4)o3)cn2c1. The van der Waals surface area contributed by atoms with Gasteiger partial charge in [-0.05, 0) is 24.3 Å². The fourth-order valence-electron chi connectivity index (χ4n) is 2.19. The molecule has 4 aromatic rings. The van der Waals surface area contributed by atoms with Crippen LogP contribution in [0.15, 0.2) is 64.5 Å². The number of imidazole rings is 1. The lowest BCUT2D eigenvalue weighted by Crippen LogP contribution is -1.79. The van der Waals surface area contributed by atoms with Crippen molar-refractivity contribution in [3.63, 3.8) is 0 Å². The summed E-state index contributed by atoms with van der Waals surface area (Å²) in [5.74, 6) is 1.17. The van der Waals surface area contributed by atoms with Gasteiger partial charge in [0.25, 0.3) is 5.22 Å². The van der Waals surface area contributed by atoms with Crippen LogP contribution in [0.25, 0.3) is 17.1 Å². The number of pyridine rings is 1. The highest BCUT2D eigenvalue weighted by Crippen LogP contribution is 2.25. The first-order chi connectivity index (χ1) is 11.3. The molecule has 0 atom stereocenters. The van der Waals surface area contributed by atoms with E-state index < -0.39 is 0 Å². The summed E-state index contributed by atoms with van der Waals surface area (Å²) in [5, 5.41) is 9.34. The molecule has 0 aliphatic heterocycles. The summed E-state index contributed by atoms with van der Waals surface area (Å²) in [6, 6.07) is 13.4. The first-order valence-corrected chi connectivity index (χ1v) is 8.29. The smallest absolute Gasteiger partial charge is 0.277 e. The van der Waals surface area contributed by atoms with Gasteiger partial charge in [0, 0.05) is 23.7 Å². The Morgan fingerprint density at radius 3 is 2.78 bits per heavy atom. The maximum absolute atomic E-state index is 5.97. The summed E-state index contributed by atoms with van der Waals surface area (Å²) < 4.78 is 7.57. The molecule has 0 aliphatic rings. The number of halogens is 1. The molecule has 23 heavy (non-hydrogen) atoms. The molecule has 3 aromatic heterocycles. The maximum Gasteiger partial charge on any atom is 0.277 e. The van der Waals surface area contributed by atoms with Crippen LogP contribution in [-0.2, 0) is 5.75 Å². The van der Waals surface area contributed by atoms with Crippen molar-refractivity contribution in [1.29, 1.82) is 0 Å². The van der Waals surface area contributed by atoms with E-state index in [1.807, 2.05) is 59.3 Å². The van der Waals surface area contributed by atoms with E-state index in [4.69, 9.17) is 16.0 Å². The van der Waals surface area contributed by atoms with Gasteiger partial charge in [0.15, 0.2) is 0 Å². The number of hydrogen-bond acceptors (Lipinski definition) is 5. The number of thioether (sulfide) groups is 1. The van der Waals surface area contributed by atoms with Crippen LogP contribution in [0.2, 0.25) is 5.02 Å². The van der Waals surface area contributed by atoms with Gasteiger partial charge < -0.3 is 8.82 Å². The Labute approximate surface area is 141 Å². The van der Waals surface area contributed by atoms with Crippen molar-refractivity contribution in [1.82, 2.24) is 19.6 Å². The molecule has 4 rings (SSSR count). The van der Waals surface area contributed by atoms with Crippen LogP contribution in [0.4, 0.5) is 0 Å². The van der Waals surface area contributed by atoms with E-state index in [2.05, 4.69) is 15.2 Å². The highest BCUT2D eigenvalue weighted by molar-refractivity contribution is 7.98. The van der Waals surface area contributed by atoms with Gasteiger partial charge in [0.1, 0.15) is 5.65 Å². The van der Waals surface area contributed by atoms with Gasteiger partial charge in [-0.1, -0.05) is 41.6 Å². The second-order valence-corrected chi connectivity index (χ2v) is 6.24. The van der Waals surface area contributed by atoms with E-state index >= 15 is 0 Å².